The summed E-state index contributed by atoms with van der Waals surface area (Å²) in [5.74, 6) is 0.668. The van der Waals surface area contributed by atoms with Crippen LogP contribution >= 0.6 is 0 Å². The summed E-state index contributed by atoms with van der Waals surface area (Å²) in [6.07, 6.45) is 2.30. The van der Waals surface area contributed by atoms with Gasteiger partial charge >= 0.3 is 0 Å². The van der Waals surface area contributed by atoms with Crippen LogP contribution in [0.3, 0.4) is 0 Å². The van der Waals surface area contributed by atoms with E-state index in [9.17, 15) is 0 Å². The molecule has 0 aliphatic carbocycles. The molecule has 19 heavy (non-hydrogen) atoms. The van der Waals surface area contributed by atoms with E-state index in [4.69, 9.17) is 0 Å². The lowest BCUT2D eigenvalue weighted by Gasteiger charge is -2.26. The van der Waals surface area contributed by atoms with Gasteiger partial charge in [-0.3, -0.25) is 0 Å². The van der Waals surface area contributed by atoms with Crippen molar-refractivity contribution in [3.63, 3.8) is 0 Å². The number of likely N-dealkylation sites (N-methyl/N-ethyl adjacent to an activating group) is 1. The molecule has 2 N–H and O–H groups in total. The van der Waals surface area contributed by atoms with Gasteiger partial charge in [-0.15, -0.1) is 0 Å². The minimum atomic E-state index is 0.158. The second kappa shape index (κ2) is 7.66. The first-order chi connectivity index (χ1) is 8.98. The standard InChI is InChI=1S/C17H30N2/c1-6-14(2)16-9-7-15(8-10-16)11-12-19-17(3,4)13-18-5/h7-10,14,18-19H,6,11-13H2,1-5H3. The van der Waals surface area contributed by atoms with Gasteiger partial charge in [0, 0.05) is 12.1 Å². The molecule has 0 saturated carbocycles. The van der Waals surface area contributed by atoms with E-state index in [1.54, 1.807) is 0 Å². The molecule has 1 aromatic carbocycles. The van der Waals surface area contributed by atoms with Crippen molar-refractivity contribution in [1.82, 2.24) is 10.6 Å². The predicted molar refractivity (Wildman–Crippen MR) is 84.9 cm³/mol. The van der Waals surface area contributed by atoms with E-state index in [-0.39, 0.29) is 5.54 Å². The summed E-state index contributed by atoms with van der Waals surface area (Å²) >= 11 is 0. The van der Waals surface area contributed by atoms with Gasteiger partial charge in [-0.2, -0.15) is 0 Å². The Morgan fingerprint density at radius 1 is 1.16 bits per heavy atom. The van der Waals surface area contributed by atoms with Gasteiger partial charge in [0.05, 0.1) is 0 Å². The molecular weight excluding hydrogens is 232 g/mol. The van der Waals surface area contributed by atoms with E-state index < -0.39 is 0 Å². The van der Waals surface area contributed by atoms with Crippen LogP contribution in [0.1, 0.15) is 51.2 Å². The summed E-state index contributed by atoms with van der Waals surface area (Å²) in [5, 5.41) is 6.81. The molecule has 0 aliphatic heterocycles. The molecule has 0 aromatic heterocycles. The molecule has 1 atom stereocenters. The zero-order valence-corrected chi connectivity index (χ0v) is 13.2. The van der Waals surface area contributed by atoms with Crippen molar-refractivity contribution in [3.05, 3.63) is 35.4 Å². The highest BCUT2D eigenvalue weighted by atomic mass is 15.0. The largest absolute Gasteiger partial charge is 0.318 e. The molecule has 1 unspecified atom stereocenters. The van der Waals surface area contributed by atoms with Crippen LogP contribution in [-0.2, 0) is 6.42 Å². The van der Waals surface area contributed by atoms with Gasteiger partial charge in [0.2, 0.25) is 0 Å². The van der Waals surface area contributed by atoms with Crippen LogP contribution in [0.2, 0.25) is 0 Å². The van der Waals surface area contributed by atoms with Gasteiger partial charge in [-0.1, -0.05) is 38.1 Å². The summed E-state index contributed by atoms with van der Waals surface area (Å²) in [4.78, 5) is 0. The molecule has 0 saturated heterocycles. The third-order valence-electron chi connectivity index (χ3n) is 3.80. The molecule has 2 heteroatoms. The van der Waals surface area contributed by atoms with Crippen molar-refractivity contribution < 1.29 is 0 Å². The van der Waals surface area contributed by atoms with Crippen molar-refractivity contribution in [2.75, 3.05) is 20.1 Å². The second-order valence-electron chi connectivity index (χ2n) is 6.14. The topological polar surface area (TPSA) is 24.1 Å². The van der Waals surface area contributed by atoms with Gasteiger partial charge in [0.1, 0.15) is 0 Å². The summed E-state index contributed by atoms with van der Waals surface area (Å²) in [6, 6.07) is 9.10. The average Bonchev–Trinajstić information content (AvgIpc) is 2.38. The van der Waals surface area contributed by atoms with E-state index in [1.165, 1.54) is 17.5 Å². The number of nitrogens with one attached hydrogen (secondary N) is 2. The van der Waals surface area contributed by atoms with Crippen molar-refractivity contribution >= 4 is 0 Å². The number of hydrogen-bond donors (Lipinski definition) is 2. The maximum Gasteiger partial charge on any atom is 0.0249 e. The van der Waals surface area contributed by atoms with E-state index in [2.05, 4.69) is 62.6 Å². The van der Waals surface area contributed by atoms with Crippen LogP contribution in [0.15, 0.2) is 24.3 Å². The van der Waals surface area contributed by atoms with Crippen LogP contribution in [0.4, 0.5) is 0 Å². The molecule has 0 aliphatic rings. The number of hydrogen-bond acceptors (Lipinski definition) is 2. The molecule has 0 fully saturated rings. The molecule has 108 valence electrons. The Kier molecular flexibility index (Phi) is 6.53. The lowest BCUT2D eigenvalue weighted by molar-refractivity contribution is 0.379. The number of rotatable bonds is 8. The highest BCUT2D eigenvalue weighted by Crippen LogP contribution is 2.18. The number of benzene rings is 1. The SMILES string of the molecule is CCC(C)c1ccc(CCNC(C)(C)CNC)cc1. The first kappa shape index (κ1) is 16.2. The van der Waals surface area contributed by atoms with Crippen molar-refractivity contribution in [3.8, 4) is 0 Å². The second-order valence-corrected chi connectivity index (χ2v) is 6.14. The third-order valence-corrected chi connectivity index (χ3v) is 3.80. The van der Waals surface area contributed by atoms with Crippen molar-refractivity contribution in [2.45, 2.75) is 52.0 Å². The Bertz CT molecular complexity index is 354. The van der Waals surface area contributed by atoms with Gasteiger partial charge in [0.25, 0.3) is 0 Å². The Hall–Kier alpha value is -0.860. The van der Waals surface area contributed by atoms with Gasteiger partial charge in [-0.25, -0.2) is 0 Å². The van der Waals surface area contributed by atoms with Gasteiger partial charge < -0.3 is 10.6 Å². The predicted octanol–water partition coefficient (Wildman–Crippen LogP) is 3.33. The summed E-state index contributed by atoms with van der Waals surface area (Å²) in [7, 11) is 2.00. The lowest BCUT2D eigenvalue weighted by atomic mass is 9.97. The fourth-order valence-corrected chi connectivity index (χ4v) is 2.30. The molecule has 0 amide bonds. The van der Waals surface area contributed by atoms with E-state index in [0.29, 0.717) is 5.92 Å². The molecular formula is C17H30N2. The Morgan fingerprint density at radius 3 is 2.32 bits per heavy atom. The Balaban J connectivity index is 2.42. The molecule has 1 aromatic rings. The molecule has 0 heterocycles. The third kappa shape index (κ3) is 5.75. The summed E-state index contributed by atoms with van der Waals surface area (Å²) < 4.78 is 0. The van der Waals surface area contributed by atoms with E-state index in [1.807, 2.05) is 7.05 Å². The maximum atomic E-state index is 3.59. The summed E-state index contributed by atoms with van der Waals surface area (Å²) in [6.45, 7) is 11.0. The lowest BCUT2D eigenvalue weighted by Crippen LogP contribution is -2.47. The smallest absolute Gasteiger partial charge is 0.0249 e. The van der Waals surface area contributed by atoms with Gasteiger partial charge in [0.15, 0.2) is 0 Å². The first-order valence-electron chi connectivity index (χ1n) is 7.47. The molecule has 0 spiro atoms. The molecule has 0 bridgehead atoms. The van der Waals surface area contributed by atoms with Crippen LogP contribution in [0.5, 0.6) is 0 Å². The summed E-state index contributed by atoms with van der Waals surface area (Å²) in [5.41, 5.74) is 3.03. The minimum Gasteiger partial charge on any atom is -0.318 e. The quantitative estimate of drug-likeness (QED) is 0.751. The average molecular weight is 262 g/mol. The van der Waals surface area contributed by atoms with E-state index in [0.717, 1.165) is 19.5 Å². The molecule has 1 rings (SSSR count). The first-order valence-corrected chi connectivity index (χ1v) is 7.47. The Morgan fingerprint density at radius 2 is 1.79 bits per heavy atom. The van der Waals surface area contributed by atoms with Crippen LogP contribution in [-0.4, -0.2) is 25.7 Å². The highest BCUT2D eigenvalue weighted by molar-refractivity contribution is 5.25. The molecule has 2 nitrogen and oxygen atoms in total. The minimum absolute atomic E-state index is 0.158. The monoisotopic (exact) mass is 262 g/mol. The highest BCUT2D eigenvalue weighted by Gasteiger charge is 2.14. The maximum absolute atomic E-state index is 3.59. The van der Waals surface area contributed by atoms with Gasteiger partial charge in [-0.05, 0) is 57.3 Å². The fraction of sp³-hybridized carbons (Fsp3) is 0.647. The van der Waals surface area contributed by atoms with E-state index >= 15 is 0 Å². The Labute approximate surface area is 119 Å². The fourth-order valence-electron chi connectivity index (χ4n) is 2.30. The molecule has 0 radical (unpaired) electrons. The van der Waals surface area contributed by atoms with Crippen molar-refractivity contribution in [1.29, 1.82) is 0 Å². The zero-order valence-electron chi connectivity index (χ0n) is 13.2. The van der Waals surface area contributed by atoms with Crippen molar-refractivity contribution in [2.24, 2.45) is 0 Å². The van der Waals surface area contributed by atoms with Crippen LogP contribution in [0.25, 0.3) is 0 Å². The normalized spacial score (nSPS) is 13.5. The zero-order chi connectivity index (χ0) is 14.3. The van der Waals surface area contributed by atoms with Crippen LogP contribution in [0, 0.1) is 0 Å². The van der Waals surface area contributed by atoms with Crippen LogP contribution < -0.4 is 10.6 Å².